The van der Waals surface area contributed by atoms with E-state index in [4.69, 9.17) is 0 Å². The van der Waals surface area contributed by atoms with E-state index >= 15 is 0 Å². The molecule has 0 bridgehead atoms. The average Bonchev–Trinajstić information content (AvgIpc) is 2.57. The van der Waals surface area contributed by atoms with Gasteiger partial charge in [0, 0.05) is 0 Å². The summed E-state index contributed by atoms with van der Waals surface area (Å²) in [6, 6.07) is 0. The van der Waals surface area contributed by atoms with Crippen molar-refractivity contribution in [3.63, 3.8) is 0 Å². The quantitative estimate of drug-likeness (QED) is 0.567. The molecule has 0 atom stereocenters. The molecular formula is C11H13Zr-. The van der Waals surface area contributed by atoms with Crippen LogP contribution < -0.4 is 0 Å². The van der Waals surface area contributed by atoms with Crippen molar-refractivity contribution in [3.05, 3.63) is 48.1 Å². The average molecular weight is 236 g/mol. The Hall–Kier alpha value is -0.157. The van der Waals surface area contributed by atoms with Crippen molar-refractivity contribution in [2.24, 2.45) is 0 Å². The molecule has 0 saturated heterocycles. The molecule has 0 aromatic rings. The van der Waals surface area contributed by atoms with E-state index in [0.717, 1.165) is 12.8 Å². The molecule has 62 valence electrons. The molecule has 0 amide bonds. The summed E-state index contributed by atoms with van der Waals surface area (Å²) in [7, 11) is 0. The van der Waals surface area contributed by atoms with Gasteiger partial charge >= 0.3 is 26.2 Å². The predicted molar refractivity (Wildman–Crippen MR) is 48.9 cm³/mol. The predicted octanol–water partition coefficient (Wildman–Crippen LogP) is 3.11. The zero-order valence-electron chi connectivity index (χ0n) is 8.30. The minimum absolute atomic E-state index is 0. The van der Waals surface area contributed by atoms with E-state index in [9.17, 15) is 0 Å². The topological polar surface area (TPSA) is 0 Å². The third-order valence-electron chi connectivity index (χ3n) is 1.45. The summed E-state index contributed by atoms with van der Waals surface area (Å²) in [6.07, 6.45) is 18.3. The molecule has 0 heterocycles. The van der Waals surface area contributed by atoms with E-state index in [0.29, 0.717) is 0 Å². The third kappa shape index (κ3) is 5.49. The van der Waals surface area contributed by atoms with Gasteiger partial charge in [-0.1, -0.05) is 6.92 Å². The molecule has 0 unspecified atom stereocenters. The summed E-state index contributed by atoms with van der Waals surface area (Å²) in [4.78, 5) is 0. The second-order valence-corrected chi connectivity index (χ2v) is 2.47. The molecule has 0 radical (unpaired) electrons. The maximum atomic E-state index is 3.12. The molecule has 12 heavy (non-hydrogen) atoms. The van der Waals surface area contributed by atoms with Gasteiger partial charge in [0.1, 0.15) is 0 Å². The van der Waals surface area contributed by atoms with Crippen LogP contribution in [0.4, 0.5) is 0 Å². The van der Waals surface area contributed by atoms with Gasteiger partial charge in [-0.25, -0.2) is 23.8 Å². The summed E-state index contributed by atoms with van der Waals surface area (Å²) in [5, 5.41) is 0. The van der Waals surface area contributed by atoms with Crippen LogP contribution in [0, 0.1) is 12.2 Å². The molecule has 0 aliphatic heterocycles. The van der Waals surface area contributed by atoms with Crippen molar-refractivity contribution in [3.8, 4) is 0 Å². The Morgan fingerprint density at radius 1 is 1.33 bits per heavy atom. The van der Waals surface area contributed by atoms with Gasteiger partial charge in [-0.3, -0.25) is 12.2 Å². The van der Waals surface area contributed by atoms with Gasteiger partial charge in [0.25, 0.3) is 0 Å². The van der Waals surface area contributed by atoms with Crippen LogP contribution in [0.3, 0.4) is 0 Å². The Kier molecular flexibility index (Phi) is 7.39. The monoisotopic (exact) mass is 235 g/mol. The maximum Gasteiger partial charge on any atom is 2.00 e. The second kappa shape index (κ2) is 7.49. The van der Waals surface area contributed by atoms with Gasteiger partial charge < -0.3 is 1.43 Å². The fourth-order valence-electron chi connectivity index (χ4n) is 0.855. The zero-order valence-corrected chi connectivity index (χ0v) is 9.76. The van der Waals surface area contributed by atoms with Crippen LogP contribution in [0.5, 0.6) is 0 Å². The molecule has 2 rings (SSSR count). The Morgan fingerprint density at radius 3 is 2.33 bits per heavy atom. The number of hydrogen-bond acceptors (Lipinski definition) is 0. The van der Waals surface area contributed by atoms with Crippen LogP contribution >= 0.6 is 0 Å². The molecule has 0 nitrogen and oxygen atoms in total. The summed E-state index contributed by atoms with van der Waals surface area (Å²) >= 11 is 0. The molecular weight excluding hydrogens is 223 g/mol. The SMILES string of the molecule is CC1=[C-]CC=C1.[C-]1=CC=CC1.[H-].[Zr+2]. The van der Waals surface area contributed by atoms with Crippen molar-refractivity contribution < 1.29 is 27.6 Å². The van der Waals surface area contributed by atoms with Gasteiger partial charge in [-0.05, 0) is 0 Å². The van der Waals surface area contributed by atoms with E-state index in [-0.39, 0.29) is 27.6 Å². The molecule has 0 aromatic carbocycles. The summed E-state index contributed by atoms with van der Waals surface area (Å²) in [5.41, 5.74) is 1.27. The first kappa shape index (κ1) is 11.8. The van der Waals surface area contributed by atoms with Crippen LogP contribution in [0.1, 0.15) is 21.2 Å². The van der Waals surface area contributed by atoms with Gasteiger partial charge in [0.15, 0.2) is 0 Å². The fourth-order valence-corrected chi connectivity index (χ4v) is 0.855. The van der Waals surface area contributed by atoms with Crippen molar-refractivity contribution in [1.29, 1.82) is 0 Å². The maximum absolute atomic E-state index is 3.12. The first-order valence-corrected chi connectivity index (χ1v) is 3.85. The smallest absolute Gasteiger partial charge is 1.00 e. The minimum Gasteiger partial charge on any atom is -1.00 e. The molecule has 2 aliphatic carbocycles. The van der Waals surface area contributed by atoms with Crippen molar-refractivity contribution in [1.82, 2.24) is 0 Å². The van der Waals surface area contributed by atoms with Crippen LogP contribution in [0.25, 0.3) is 0 Å². The molecule has 0 saturated carbocycles. The summed E-state index contributed by atoms with van der Waals surface area (Å²) in [5.74, 6) is 0. The number of rotatable bonds is 0. The largest absolute Gasteiger partial charge is 2.00 e. The molecule has 0 aromatic heterocycles. The van der Waals surface area contributed by atoms with Crippen LogP contribution in [-0.4, -0.2) is 0 Å². The van der Waals surface area contributed by atoms with Gasteiger partial charge in [0.05, 0.1) is 0 Å². The van der Waals surface area contributed by atoms with Crippen molar-refractivity contribution in [2.75, 3.05) is 0 Å². The molecule has 2 aliphatic rings. The molecule has 0 fully saturated rings. The Morgan fingerprint density at radius 2 is 2.17 bits per heavy atom. The summed E-state index contributed by atoms with van der Waals surface area (Å²) < 4.78 is 0. The van der Waals surface area contributed by atoms with Crippen LogP contribution in [-0.2, 0) is 26.2 Å². The molecule has 0 spiro atoms. The van der Waals surface area contributed by atoms with E-state index in [1.807, 2.05) is 12.2 Å². The first-order chi connectivity index (χ1) is 5.39. The molecule has 0 N–H and O–H groups in total. The number of hydrogen-bond donors (Lipinski definition) is 0. The van der Waals surface area contributed by atoms with Gasteiger partial charge in [-0.2, -0.15) is 12.2 Å². The summed E-state index contributed by atoms with van der Waals surface area (Å²) in [6.45, 7) is 2.06. The van der Waals surface area contributed by atoms with Crippen molar-refractivity contribution in [2.45, 2.75) is 19.8 Å². The Bertz CT molecular complexity index is 211. The van der Waals surface area contributed by atoms with Gasteiger partial charge in [0.2, 0.25) is 0 Å². The zero-order chi connectivity index (χ0) is 7.94. The standard InChI is InChI=1S/C6H7.C5H5.Zr.H/c1-6-4-2-3-5-6;1-2-4-5-3-1;;/h2,4H,3H2,1H3;1-3H,4H2;;/q2*-1;+2;-1. The second-order valence-electron chi connectivity index (χ2n) is 2.47. The first-order valence-electron chi connectivity index (χ1n) is 3.85. The van der Waals surface area contributed by atoms with E-state index < -0.39 is 0 Å². The van der Waals surface area contributed by atoms with E-state index in [1.165, 1.54) is 5.57 Å². The van der Waals surface area contributed by atoms with E-state index in [1.54, 1.807) is 0 Å². The van der Waals surface area contributed by atoms with Gasteiger partial charge in [-0.15, -0.1) is 12.8 Å². The minimum atomic E-state index is 0. The third-order valence-corrected chi connectivity index (χ3v) is 1.45. The number of allylic oxidation sites excluding steroid dienone is 8. The fraction of sp³-hybridized carbons (Fsp3) is 0.273. The Balaban J connectivity index is 0. The van der Waals surface area contributed by atoms with Crippen LogP contribution in [0.2, 0.25) is 0 Å². The van der Waals surface area contributed by atoms with Crippen molar-refractivity contribution >= 4 is 0 Å². The van der Waals surface area contributed by atoms with Crippen LogP contribution in [0.15, 0.2) is 36.0 Å². The van der Waals surface area contributed by atoms with E-state index in [2.05, 4.69) is 37.3 Å². The molecule has 1 heteroatoms. The Labute approximate surface area is 95.4 Å². The normalized spacial score (nSPS) is 16.6.